The first-order chi connectivity index (χ1) is 25.1. The van der Waals surface area contributed by atoms with Crippen LogP contribution < -0.4 is 16.4 Å². The number of nitrogens with two attached hydrogens (primary N) is 1. The van der Waals surface area contributed by atoms with Crippen LogP contribution in [-0.4, -0.2) is 107 Å². The molecule has 1 aromatic heterocycles. The number of amides is 2. The van der Waals surface area contributed by atoms with Gasteiger partial charge in [0.05, 0.1) is 81.1 Å². The molecule has 52 heavy (non-hydrogen) atoms. The molecule has 2 aromatic carbocycles. The molecule has 1 heterocycles. The minimum Gasteiger partial charge on any atom is -0.384 e. The third-order valence-corrected chi connectivity index (χ3v) is 9.01. The van der Waals surface area contributed by atoms with E-state index in [9.17, 15) is 14.4 Å². The van der Waals surface area contributed by atoms with Gasteiger partial charge in [0, 0.05) is 47.5 Å². The highest BCUT2D eigenvalue weighted by atomic mass is 127. The van der Waals surface area contributed by atoms with Crippen molar-refractivity contribution in [3.8, 4) is 5.69 Å². The van der Waals surface area contributed by atoms with Gasteiger partial charge in [-0.3, -0.25) is 14.4 Å². The summed E-state index contributed by atoms with van der Waals surface area (Å²) in [5.74, 6) is -0.481. The van der Waals surface area contributed by atoms with E-state index in [0.29, 0.717) is 120 Å². The van der Waals surface area contributed by atoms with Gasteiger partial charge in [0.25, 0.3) is 11.8 Å². The lowest BCUT2D eigenvalue weighted by atomic mass is 9.75. The van der Waals surface area contributed by atoms with Crippen molar-refractivity contribution in [2.24, 2.45) is 11.1 Å². The summed E-state index contributed by atoms with van der Waals surface area (Å²) in [5.41, 5.74) is 10.3. The first-order valence-electron chi connectivity index (χ1n) is 17.8. The van der Waals surface area contributed by atoms with E-state index < -0.39 is 5.91 Å². The van der Waals surface area contributed by atoms with Crippen molar-refractivity contribution in [1.82, 2.24) is 15.1 Å². The molecule has 1 aliphatic rings. The number of aryl methyl sites for hydroxylation is 1. The van der Waals surface area contributed by atoms with Gasteiger partial charge in [-0.05, 0) is 90.6 Å². The molecule has 13 nitrogen and oxygen atoms in total. The number of nitrogens with zero attached hydrogens (tertiary/aromatic N) is 2. The van der Waals surface area contributed by atoms with E-state index in [-0.39, 0.29) is 17.1 Å². The maximum atomic E-state index is 12.9. The van der Waals surface area contributed by atoms with E-state index in [0.717, 1.165) is 27.8 Å². The maximum absolute atomic E-state index is 12.9. The second kappa shape index (κ2) is 21.3. The molecule has 1 aliphatic carbocycles. The number of aromatic nitrogens is 2. The van der Waals surface area contributed by atoms with Gasteiger partial charge in [-0.15, -0.1) is 0 Å². The lowest BCUT2D eigenvalue weighted by Gasteiger charge is -2.29. The van der Waals surface area contributed by atoms with Crippen molar-refractivity contribution in [3.05, 3.63) is 74.1 Å². The first-order valence-corrected chi connectivity index (χ1v) is 18.9. The molecule has 4 rings (SSSR count). The molecule has 0 spiro atoms. The molecule has 0 atom stereocenters. The van der Waals surface area contributed by atoms with Gasteiger partial charge >= 0.3 is 0 Å². The van der Waals surface area contributed by atoms with Crippen LogP contribution in [-0.2, 0) is 30.1 Å². The Balaban J connectivity index is 0.983. The molecule has 0 saturated heterocycles. The normalized spacial score (nSPS) is 13.6. The number of anilines is 1. The van der Waals surface area contributed by atoms with Gasteiger partial charge < -0.3 is 40.1 Å². The molecule has 2 amide bonds. The van der Waals surface area contributed by atoms with Crippen LogP contribution in [0.25, 0.3) is 5.69 Å². The Labute approximate surface area is 319 Å². The van der Waals surface area contributed by atoms with E-state index in [1.807, 2.05) is 41.9 Å². The minimum absolute atomic E-state index is 0.0757. The zero-order valence-electron chi connectivity index (χ0n) is 30.5. The number of carbonyl (C=O) groups excluding carboxylic acids is 3. The molecular weight excluding hydrogens is 781 g/mol. The van der Waals surface area contributed by atoms with Crippen LogP contribution in [0.2, 0.25) is 0 Å². The Kier molecular flexibility index (Phi) is 17.0. The minimum atomic E-state index is -0.524. The van der Waals surface area contributed by atoms with Crippen LogP contribution in [0, 0.1) is 15.9 Å². The van der Waals surface area contributed by atoms with Crippen molar-refractivity contribution >= 4 is 45.9 Å². The summed E-state index contributed by atoms with van der Waals surface area (Å²) < 4.78 is 30.7. The van der Waals surface area contributed by atoms with Gasteiger partial charge in [0.1, 0.15) is 0 Å². The predicted octanol–water partition coefficient (Wildman–Crippen LogP) is 4.74. The van der Waals surface area contributed by atoms with E-state index in [1.165, 1.54) is 0 Å². The van der Waals surface area contributed by atoms with Gasteiger partial charge in [-0.25, -0.2) is 4.68 Å². The topological polar surface area (TPSA) is 165 Å². The largest absolute Gasteiger partial charge is 0.384 e. The smallest absolute Gasteiger partial charge is 0.251 e. The Morgan fingerprint density at radius 2 is 1.44 bits per heavy atom. The predicted molar refractivity (Wildman–Crippen MR) is 207 cm³/mol. The van der Waals surface area contributed by atoms with Crippen LogP contribution in [0.4, 0.5) is 5.69 Å². The van der Waals surface area contributed by atoms with E-state index in [4.69, 9.17) is 29.4 Å². The number of fused-ring (bicyclic) bond motifs is 1. The molecule has 284 valence electrons. The van der Waals surface area contributed by atoms with Crippen molar-refractivity contribution < 1.29 is 38.1 Å². The number of hydrogen-bond acceptors (Lipinski definition) is 10. The van der Waals surface area contributed by atoms with Crippen molar-refractivity contribution in [3.63, 3.8) is 0 Å². The summed E-state index contributed by atoms with van der Waals surface area (Å²) in [6, 6.07) is 12.8. The number of hydrogen-bond donors (Lipinski definition) is 3. The number of rotatable bonds is 24. The van der Waals surface area contributed by atoms with Crippen LogP contribution in [0.5, 0.6) is 0 Å². The van der Waals surface area contributed by atoms with Gasteiger partial charge in [0.2, 0.25) is 0 Å². The molecule has 14 heteroatoms. The summed E-state index contributed by atoms with van der Waals surface area (Å²) in [4.78, 5) is 37.1. The Morgan fingerprint density at radius 3 is 2.04 bits per heavy atom. The monoisotopic (exact) mass is 833 g/mol. The molecule has 4 N–H and O–H groups in total. The third kappa shape index (κ3) is 13.2. The molecule has 0 saturated carbocycles. The summed E-state index contributed by atoms with van der Waals surface area (Å²) in [6.45, 7) is 12.0. The fourth-order valence-electron chi connectivity index (χ4n) is 5.87. The molecular formula is C38H52IN5O8. The van der Waals surface area contributed by atoms with E-state index in [1.54, 1.807) is 12.1 Å². The summed E-state index contributed by atoms with van der Waals surface area (Å²) >= 11 is 2.19. The SMILES string of the molecule is Cc1nn(-c2ccc(C(N)=O)c(NCCCOCCOCCOCCOCCOCCCNC(=O)c3cccc(I)c3)c2)c2c1C(=O)CC(C)(C)C2. The highest BCUT2D eigenvalue weighted by Gasteiger charge is 2.35. The fourth-order valence-corrected chi connectivity index (χ4v) is 6.41. The number of primary amides is 1. The maximum Gasteiger partial charge on any atom is 0.251 e. The second-order valence-corrected chi connectivity index (χ2v) is 14.6. The van der Waals surface area contributed by atoms with Crippen LogP contribution >= 0.6 is 22.6 Å². The highest BCUT2D eigenvalue weighted by molar-refractivity contribution is 14.1. The number of ether oxygens (including phenoxy) is 5. The first kappa shape index (κ1) is 41.3. The third-order valence-electron chi connectivity index (χ3n) is 8.34. The summed E-state index contributed by atoms with van der Waals surface area (Å²) in [5, 5.41) is 10.9. The van der Waals surface area contributed by atoms with Crippen LogP contribution in [0.15, 0.2) is 42.5 Å². The molecule has 0 bridgehead atoms. The number of Topliss-reactive ketones (excluding diaryl/α,β-unsaturated/α-hetero) is 1. The lowest BCUT2D eigenvalue weighted by Crippen LogP contribution is -2.28. The number of nitrogens with one attached hydrogen (secondary N) is 2. The zero-order chi connectivity index (χ0) is 37.3. The van der Waals surface area contributed by atoms with Crippen LogP contribution in [0.3, 0.4) is 0 Å². The average molecular weight is 834 g/mol. The Bertz CT molecular complexity index is 1630. The second-order valence-electron chi connectivity index (χ2n) is 13.3. The summed E-state index contributed by atoms with van der Waals surface area (Å²) in [7, 11) is 0. The van der Waals surface area contributed by atoms with E-state index in [2.05, 4.69) is 52.2 Å². The molecule has 0 fully saturated rings. The number of carbonyl (C=O) groups is 3. The lowest BCUT2D eigenvalue weighted by molar-refractivity contribution is -0.0111. The van der Waals surface area contributed by atoms with Crippen LogP contribution in [0.1, 0.15) is 75.6 Å². The van der Waals surface area contributed by atoms with Gasteiger partial charge in [-0.1, -0.05) is 19.9 Å². The quantitative estimate of drug-likeness (QED) is 0.0849. The standard InChI is InChI=1S/C38H52IN5O8/c1-27-35-33(25-38(2,3)26-34(35)45)44(43-27)30-9-10-31(36(40)46)32(24-30)41-11-5-13-48-15-17-50-19-21-52-22-20-51-18-16-49-14-6-12-42-37(47)28-7-4-8-29(39)23-28/h4,7-10,23-24,41H,5-6,11-22,25-26H2,1-3H3,(H2,40,46)(H,42,47). The van der Waals surface area contributed by atoms with Gasteiger partial charge in [-0.2, -0.15) is 5.10 Å². The van der Waals surface area contributed by atoms with Crippen molar-refractivity contribution in [1.29, 1.82) is 0 Å². The Morgan fingerprint density at radius 1 is 0.846 bits per heavy atom. The molecule has 0 radical (unpaired) electrons. The average Bonchev–Trinajstić information content (AvgIpc) is 3.43. The number of halogens is 1. The highest BCUT2D eigenvalue weighted by Crippen LogP contribution is 2.37. The zero-order valence-corrected chi connectivity index (χ0v) is 32.6. The Hall–Kier alpha value is -3.41. The fraction of sp³-hybridized carbons (Fsp3) is 0.526. The van der Waals surface area contributed by atoms with Crippen molar-refractivity contribution in [2.45, 2.75) is 46.5 Å². The van der Waals surface area contributed by atoms with E-state index >= 15 is 0 Å². The molecule has 3 aromatic rings. The molecule has 0 aliphatic heterocycles. The number of ketones is 1. The summed E-state index contributed by atoms with van der Waals surface area (Å²) in [6.07, 6.45) is 2.67. The van der Waals surface area contributed by atoms with Crippen molar-refractivity contribution in [2.75, 3.05) is 84.5 Å². The van der Waals surface area contributed by atoms with Gasteiger partial charge in [0.15, 0.2) is 5.78 Å². The number of benzene rings is 2. The molecule has 0 unspecified atom stereocenters.